The molecule has 0 spiro atoms. The molecule has 0 unspecified atom stereocenters. The van der Waals surface area contributed by atoms with Crippen LogP contribution in [0.4, 0.5) is 15.3 Å². The Labute approximate surface area is 133 Å². The summed E-state index contributed by atoms with van der Waals surface area (Å²) in [5, 5.41) is 5.39. The smallest absolute Gasteiger partial charge is 0.407 e. The molecule has 0 aliphatic carbocycles. The quantitative estimate of drug-likeness (QED) is 0.641. The van der Waals surface area contributed by atoms with Crippen molar-refractivity contribution in [2.45, 2.75) is 37.8 Å². The number of rotatable bonds is 3. The van der Waals surface area contributed by atoms with Crippen LogP contribution in [0.5, 0.6) is 0 Å². The number of thiol groups is 1. The van der Waals surface area contributed by atoms with Crippen LogP contribution in [0.25, 0.3) is 0 Å². The maximum absolute atomic E-state index is 11.6. The fourth-order valence-electron chi connectivity index (χ4n) is 1.50. The second-order valence-electron chi connectivity index (χ2n) is 5.27. The van der Waals surface area contributed by atoms with Gasteiger partial charge in [-0.25, -0.2) is 9.59 Å². The van der Waals surface area contributed by atoms with Gasteiger partial charge in [0.15, 0.2) is 0 Å². The molecule has 0 saturated heterocycles. The van der Waals surface area contributed by atoms with Crippen molar-refractivity contribution in [3.63, 3.8) is 0 Å². The lowest BCUT2D eigenvalue weighted by Crippen LogP contribution is -2.32. The van der Waals surface area contributed by atoms with Crippen molar-refractivity contribution in [1.29, 1.82) is 0 Å². The summed E-state index contributed by atoms with van der Waals surface area (Å²) < 4.78 is 5.13. The molecule has 0 saturated carbocycles. The Hall–Kier alpha value is -1.60. The van der Waals surface area contributed by atoms with E-state index in [2.05, 4.69) is 23.3 Å². The van der Waals surface area contributed by atoms with Crippen LogP contribution in [-0.2, 0) is 11.3 Å². The molecule has 1 aromatic rings. The number of halogens is 1. The lowest BCUT2D eigenvalue weighted by atomic mass is 10.1. The molecule has 3 amide bonds. The monoisotopic (exact) mass is 331 g/mol. The van der Waals surface area contributed by atoms with Gasteiger partial charge >= 0.3 is 12.1 Å². The van der Waals surface area contributed by atoms with Gasteiger partial charge in [0.2, 0.25) is 0 Å². The number of benzene rings is 1. The van der Waals surface area contributed by atoms with Crippen molar-refractivity contribution in [1.82, 2.24) is 5.32 Å². The number of alkyl carbamates (subject to hydrolysis) is 1. The molecule has 0 fully saturated rings. The van der Waals surface area contributed by atoms with Crippen molar-refractivity contribution in [2.24, 2.45) is 5.73 Å². The Morgan fingerprint density at radius 1 is 1.38 bits per heavy atom. The van der Waals surface area contributed by atoms with E-state index < -0.39 is 17.7 Å². The largest absolute Gasteiger partial charge is 0.444 e. The molecule has 8 heteroatoms. The molecule has 1 rings (SSSR count). The minimum Gasteiger partial charge on any atom is -0.444 e. The van der Waals surface area contributed by atoms with Gasteiger partial charge < -0.3 is 21.1 Å². The van der Waals surface area contributed by atoms with Crippen LogP contribution < -0.4 is 16.4 Å². The Bertz CT molecular complexity index is 558. The topological polar surface area (TPSA) is 93.4 Å². The Morgan fingerprint density at radius 3 is 2.52 bits per heavy atom. The van der Waals surface area contributed by atoms with E-state index >= 15 is 0 Å². The van der Waals surface area contributed by atoms with Crippen LogP contribution in [0, 0.1) is 0 Å². The van der Waals surface area contributed by atoms with Gasteiger partial charge in [-0.1, -0.05) is 17.7 Å². The van der Waals surface area contributed by atoms with Gasteiger partial charge in [-0.3, -0.25) is 0 Å². The van der Waals surface area contributed by atoms with Gasteiger partial charge in [-0.2, -0.15) is 0 Å². The Morgan fingerprint density at radius 2 is 2.00 bits per heavy atom. The highest BCUT2D eigenvalue weighted by Crippen LogP contribution is 2.31. The van der Waals surface area contributed by atoms with Gasteiger partial charge in [0.05, 0.1) is 10.7 Å². The normalized spacial score (nSPS) is 10.9. The number of hydrogen-bond donors (Lipinski definition) is 4. The summed E-state index contributed by atoms with van der Waals surface area (Å²) in [7, 11) is 0. The zero-order valence-corrected chi connectivity index (χ0v) is 13.6. The number of nitrogens with two attached hydrogens (primary N) is 1. The van der Waals surface area contributed by atoms with E-state index in [1.807, 2.05) is 0 Å². The van der Waals surface area contributed by atoms with Gasteiger partial charge in [-0.05, 0) is 32.4 Å². The summed E-state index contributed by atoms with van der Waals surface area (Å²) in [5.41, 5.74) is 5.48. The van der Waals surface area contributed by atoms with E-state index in [0.29, 0.717) is 21.2 Å². The predicted molar refractivity (Wildman–Crippen MR) is 85.0 cm³/mol. The second kappa shape index (κ2) is 6.91. The summed E-state index contributed by atoms with van der Waals surface area (Å²) in [6.45, 7) is 5.43. The van der Waals surface area contributed by atoms with Crippen LogP contribution in [-0.4, -0.2) is 17.7 Å². The number of primary amides is 1. The number of ether oxygens (including phenoxy) is 1. The molecule has 1 aromatic carbocycles. The highest BCUT2D eigenvalue weighted by molar-refractivity contribution is 7.80. The summed E-state index contributed by atoms with van der Waals surface area (Å²) >= 11 is 10.2. The molecular weight excluding hydrogens is 314 g/mol. The van der Waals surface area contributed by atoms with E-state index in [1.165, 1.54) is 0 Å². The first-order valence-electron chi connectivity index (χ1n) is 6.14. The first-order valence-corrected chi connectivity index (χ1v) is 6.96. The van der Waals surface area contributed by atoms with Gasteiger partial charge in [0.1, 0.15) is 5.60 Å². The summed E-state index contributed by atoms with van der Waals surface area (Å²) in [4.78, 5) is 23.0. The minimum absolute atomic E-state index is 0.134. The third-order valence-electron chi connectivity index (χ3n) is 2.29. The van der Waals surface area contributed by atoms with Crippen molar-refractivity contribution in [3.05, 3.63) is 22.7 Å². The standard InChI is InChI=1S/C13H18ClN3O3S/c1-13(2,3)20-12(19)16-6-7-4-5-8(14)10(21)9(7)17-11(15)18/h4-5,21H,6H2,1-3H3,(H,16,19)(H3,15,17,18). The number of carbonyl (C=O) groups is 2. The summed E-state index contributed by atoms with van der Waals surface area (Å²) in [6, 6.07) is 2.53. The first kappa shape index (κ1) is 17.5. The average molecular weight is 332 g/mol. The van der Waals surface area contributed by atoms with E-state index in [-0.39, 0.29) is 6.54 Å². The van der Waals surface area contributed by atoms with Crippen LogP contribution in [0.3, 0.4) is 0 Å². The first-order chi connectivity index (χ1) is 9.60. The number of urea groups is 1. The zero-order chi connectivity index (χ0) is 16.2. The maximum atomic E-state index is 11.6. The molecule has 0 heterocycles. The maximum Gasteiger partial charge on any atom is 0.407 e. The van der Waals surface area contributed by atoms with E-state index in [9.17, 15) is 9.59 Å². The molecule has 4 N–H and O–H groups in total. The van der Waals surface area contributed by atoms with E-state index in [0.717, 1.165) is 0 Å². The number of carbonyl (C=O) groups excluding carboxylic acids is 2. The molecule has 116 valence electrons. The molecule has 0 bridgehead atoms. The lowest BCUT2D eigenvalue weighted by Gasteiger charge is -2.20. The van der Waals surface area contributed by atoms with Gasteiger partial charge in [0.25, 0.3) is 0 Å². The molecular formula is C13H18ClN3O3S. The molecule has 0 aliphatic rings. The fraction of sp³-hybridized carbons (Fsp3) is 0.385. The summed E-state index contributed by atoms with van der Waals surface area (Å²) in [5.74, 6) is 0. The molecule has 0 radical (unpaired) electrons. The minimum atomic E-state index is -0.744. The summed E-state index contributed by atoms with van der Waals surface area (Å²) in [6.07, 6.45) is -0.566. The van der Waals surface area contributed by atoms with Crippen molar-refractivity contribution in [3.8, 4) is 0 Å². The van der Waals surface area contributed by atoms with E-state index in [1.54, 1.807) is 32.9 Å². The number of anilines is 1. The van der Waals surface area contributed by atoms with Crippen LogP contribution in [0.2, 0.25) is 5.02 Å². The highest BCUT2D eigenvalue weighted by atomic mass is 35.5. The lowest BCUT2D eigenvalue weighted by molar-refractivity contribution is 0.0523. The van der Waals surface area contributed by atoms with Crippen LogP contribution >= 0.6 is 24.2 Å². The molecule has 6 nitrogen and oxygen atoms in total. The third kappa shape index (κ3) is 5.73. The number of nitrogens with one attached hydrogen (secondary N) is 2. The van der Waals surface area contributed by atoms with Crippen molar-refractivity contribution < 1.29 is 14.3 Å². The molecule has 21 heavy (non-hydrogen) atoms. The van der Waals surface area contributed by atoms with Gasteiger partial charge in [0, 0.05) is 11.4 Å². The van der Waals surface area contributed by atoms with Crippen LogP contribution in [0.1, 0.15) is 26.3 Å². The third-order valence-corrected chi connectivity index (χ3v) is 3.20. The predicted octanol–water partition coefficient (Wildman–Crippen LogP) is 3.14. The van der Waals surface area contributed by atoms with Gasteiger partial charge in [-0.15, -0.1) is 12.6 Å². The van der Waals surface area contributed by atoms with Crippen LogP contribution in [0.15, 0.2) is 17.0 Å². The SMILES string of the molecule is CC(C)(C)OC(=O)NCc1ccc(Cl)c(S)c1NC(N)=O. The highest BCUT2D eigenvalue weighted by Gasteiger charge is 2.17. The second-order valence-corrected chi connectivity index (χ2v) is 6.13. The average Bonchev–Trinajstić information content (AvgIpc) is 2.31. The molecule has 0 atom stereocenters. The number of amides is 3. The number of hydrogen-bond acceptors (Lipinski definition) is 4. The van der Waals surface area contributed by atoms with Crippen molar-refractivity contribution >= 4 is 42.0 Å². The Kier molecular flexibility index (Phi) is 5.74. The molecule has 0 aliphatic heterocycles. The van der Waals surface area contributed by atoms with E-state index in [4.69, 9.17) is 22.1 Å². The molecule has 0 aromatic heterocycles. The fourth-order valence-corrected chi connectivity index (χ4v) is 1.93. The zero-order valence-electron chi connectivity index (χ0n) is 12.0. The Balaban J connectivity index is 2.86. The van der Waals surface area contributed by atoms with Crippen molar-refractivity contribution in [2.75, 3.05) is 5.32 Å².